The molecular formula is C11H24N2O. The highest BCUT2D eigenvalue weighted by Gasteiger charge is 2.16. The Morgan fingerprint density at radius 1 is 1.43 bits per heavy atom. The van der Waals surface area contributed by atoms with Crippen LogP contribution in [-0.4, -0.2) is 48.3 Å². The number of nitrogens with zero attached hydrogens (tertiary/aromatic N) is 1. The number of likely N-dealkylation sites (tertiary alicyclic amines) is 1. The molecule has 0 saturated carbocycles. The molecule has 0 spiro atoms. The lowest BCUT2D eigenvalue weighted by atomic mass is 10.0. The Labute approximate surface area is 87.5 Å². The molecular weight excluding hydrogens is 176 g/mol. The molecule has 0 amide bonds. The molecule has 14 heavy (non-hydrogen) atoms. The summed E-state index contributed by atoms with van der Waals surface area (Å²) in [6.07, 6.45) is 3.22. The quantitative estimate of drug-likeness (QED) is 0.690. The number of hydrogen-bond acceptors (Lipinski definition) is 3. The molecule has 84 valence electrons. The average molecular weight is 200 g/mol. The van der Waals surface area contributed by atoms with Gasteiger partial charge in [0.25, 0.3) is 0 Å². The summed E-state index contributed by atoms with van der Waals surface area (Å²) < 4.78 is 0. The van der Waals surface area contributed by atoms with Crippen molar-refractivity contribution in [2.24, 2.45) is 0 Å². The second kappa shape index (κ2) is 6.38. The van der Waals surface area contributed by atoms with E-state index in [1.807, 2.05) is 6.92 Å². The molecule has 0 aromatic carbocycles. The lowest BCUT2D eigenvalue weighted by Crippen LogP contribution is -2.42. The minimum absolute atomic E-state index is 0.168. The van der Waals surface area contributed by atoms with E-state index in [1.165, 1.54) is 32.5 Å². The first-order valence-electron chi connectivity index (χ1n) is 5.86. The zero-order valence-electron chi connectivity index (χ0n) is 9.50. The molecule has 1 atom stereocenters. The first kappa shape index (κ1) is 12.0. The van der Waals surface area contributed by atoms with Gasteiger partial charge in [-0.2, -0.15) is 0 Å². The van der Waals surface area contributed by atoms with Gasteiger partial charge in [-0.15, -0.1) is 0 Å². The summed E-state index contributed by atoms with van der Waals surface area (Å²) in [4.78, 5) is 2.49. The predicted molar refractivity (Wildman–Crippen MR) is 59.4 cm³/mol. The van der Waals surface area contributed by atoms with Crippen LogP contribution in [0.15, 0.2) is 0 Å². The normalized spacial score (nSPS) is 22.5. The van der Waals surface area contributed by atoms with Crippen LogP contribution in [0.2, 0.25) is 0 Å². The third kappa shape index (κ3) is 4.40. The van der Waals surface area contributed by atoms with Crippen molar-refractivity contribution in [1.29, 1.82) is 0 Å². The first-order valence-corrected chi connectivity index (χ1v) is 5.86. The van der Waals surface area contributed by atoms with Crippen LogP contribution in [0.4, 0.5) is 0 Å². The van der Waals surface area contributed by atoms with Crippen molar-refractivity contribution in [2.45, 2.75) is 45.3 Å². The van der Waals surface area contributed by atoms with Gasteiger partial charge in [0.05, 0.1) is 6.10 Å². The van der Waals surface area contributed by atoms with E-state index >= 15 is 0 Å². The number of aliphatic hydroxyl groups excluding tert-OH is 1. The molecule has 1 saturated heterocycles. The Morgan fingerprint density at radius 2 is 2.07 bits per heavy atom. The van der Waals surface area contributed by atoms with Crippen LogP contribution < -0.4 is 5.32 Å². The minimum atomic E-state index is -0.168. The zero-order valence-corrected chi connectivity index (χ0v) is 9.50. The van der Waals surface area contributed by atoms with Crippen LogP contribution in [0.1, 0.15) is 33.1 Å². The monoisotopic (exact) mass is 200 g/mol. The van der Waals surface area contributed by atoms with Gasteiger partial charge in [0.15, 0.2) is 0 Å². The van der Waals surface area contributed by atoms with Crippen molar-refractivity contribution < 1.29 is 5.11 Å². The van der Waals surface area contributed by atoms with Gasteiger partial charge in [0, 0.05) is 6.04 Å². The minimum Gasteiger partial charge on any atom is -0.393 e. The highest BCUT2D eigenvalue weighted by Crippen LogP contribution is 2.09. The van der Waals surface area contributed by atoms with E-state index in [2.05, 4.69) is 17.1 Å². The molecule has 3 heteroatoms. The predicted octanol–water partition coefficient (Wildman–Crippen LogP) is 0.831. The van der Waals surface area contributed by atoms with E-state index in [9.17, 15) is 0 Å². The van der Waals surface area contributed by atoms with Crippen molar-refractivity contribution in [1.82, 2.24) is 10.2 Å². The second-order valence-electron chi connectivity index (χ2n) is 4.30. The Bertz CT molecular complexity index is 142. The Balaban J connectivity index is 2.04. The molecule has 0 radical (unpaired) electrons. The number of aliphatic hydroxyl groups is 1. The van der Waals surface area contributed by atoms with E-state index in [1.54, 1.807) is 0 Å². The van der Waals surface area contributed by atoms with Gasteiger partial charge in [-0.05, 0) is 52.4 Å². The summed E-state index contributed by atoms with van der Waals surface area (Å²) in [7, 11) is 0. The molecule has 1 fully saturated rings. The first-order chi connectivity index (χ1) is 6.72. The lowest BCUT2D eigenvalue weighted by Gasteiger charge is -2.31. The van der Waals surface area contributed by atoms with Crippen LogP contribution in [0.5, 0.6) is 0 Å². The largest absolute Gasteiger partial charge is 0.393 e. The van der Waals surface area contributed by atoms with Gasteiger partial charge < -0.3 is 15.3 Å². The highest BCUT2D eigenvalue weighted by molar-refractivity contribution is 4.76. The summed E-state index contributed by atoms with van der Waals surface area (Å²) in [5, 5.41) is 12.6. The fraction of sp³-hybridized carbons (Fsp3) is 1.00. The second-order valence-corrected chi connectivity index (χ2v) is 4.30. The molecule has 1 unspecified atom stereocenters. The summed E-state index contributed by atoms with van der Waals surface area (Å²) >= 11 is 0. The molecule has 1 aliphatic rings. The molecule has 0 aromatic rings. The molecule has 0 aromatic heterocycles. The third-order valence-corrected chi connectivity index (χ3v) is 3.03. The van der Waals surface area contributed by atoms with Crippen LogP contribution in [0, 0.1) is 0 Å². The summed E-state index contributed by atoms with van der Waals surface area (Å²) in [6.45, 7) is 8.66. The summed E-state index contributed by atoms with van der Waals surface area (Å²) in [5.74, 6) is 0. The maximum absolute atomic E-state index is 9.11. The number of nitrogens with one attached hydrogen (secondary N) is 1. The van der Waals surface area contributed by atoms with Crippen molar-refractivity contribution >= 4 is 0 Å². The number of rotatable bonds is 5. The van der Waals surface area contributed by atoms with Gasteiger partial charge in [0.1, 0.15) is 0 Å². The standard InChI is InChI=1S/C11H24N2O/c1-3-13-8-5-11(6-9-13)12-7-4-10(2)14/h10-12,14H,3-9H2,1-2H3. The Kier molecular flexibility index (Phi) is 5.45. The van der Waals surface area contributed by atoms with Gasteiger partial charge in [-0.3, -0.25) is 0 Å². The topological polar surface area (TPSA) is 35.5 Å². The van der Waals surface area contributed by atoms with Crippen LogP contribution in [0.3, 0.4) is 0 Å². The summed E-state index contributed by atoms with van der Waals surface area (Å²) in [5.41, 5.74) is 0. The van der Waals surface area contributed by atoms with Crippen molar-refractivity contribution in [3.05, 3.63) is 0 Å². The van der Waals surface area contributed by atoms with Crippen molar-refractivity contribution in [3.8, 4) is 0 Å². The van der Waals surface area contributed by atoms with Crippen molar-refractivity contribution in [2.75, 3.05) is 26.2 Å². The van der Waals surface area contributed by atoms with E-state index in [0.717, 1.165) is 13.0 Å². The zero-order chi connectivity index (χ0) is 10.4. The summed E-state index contributed by atoms with van der Waals surface area (Å²) in [6, 6.07) is 0.677. The Morgan fingerprint density at radius 3 is 2.57 bits per heavy atom. The van der Waals surface area contributed by atoms with Crippen LogP contribution >= 0.6 is 0 Å². The van der Waals surface area contributed by atoms with Crippen LogP contribution in [-0.2, 0) is 0 Å². The van der Waals surface area contributed by atoms with Crippen LogP contribution in [0.25, 0.3) is 0 Å². The van der Waals surface area contributed by atoms with E-state index < -0.39 is 0 Å². The maximum Gasteiger partial charge on any atom is 0.0524 e. The van der Waals surface area contributed by atoms with Crippen molar-refractivity contribution in [3.63, 3.8) is 0 Å². The average Bonchev–Trinajstić information content (AvgIpc) is 2.18. The molecule has 3 nitrogen and oxygen atoms in total. The lowest BCUT2D eigenvalue weighted by molar-refractivity contribution is 0.173. The number of hydrogen-bond donors (Lipinski definition) is 2. The SMILES string of the molecule is CCN1CCC(NCCC(C)O)CC1. The molecule has 0 aliphatic carbocycles. The molecule has 1 aliphatic heterocycles. The van der Waals surface area contributed by atoms with Gasteiger partial charge in [-0.1, -0.05) is 6.92 Å². The van der Waals surface area contributed by atoms with Gasteiger partial charge in [0.2, 0.25) is 0 Å². The molecule has 2 N–H and O–H groups in total. The third-order valence-electron chi connectivity index (χ3n) is 3.03. The molecule has 1 heterocycles. The fourth-order valence-electron chi connectivity index (χ4n) is 1.95. The van der Waals surface area contributed by atoms with Gasteiger partial charge in [-0.25, -0.2) is 0 Å². The fourth-order valence-corrected chi connectivity index (χ4v) is 1.95. The Hall–Kier alpha value is -0.120. The van der Waals surface area contributed by atoms with E-state index in [-0.39, 0.29) is 6.10 Å². The number of piperidine rings is 1. The smallest absolute Gasteiger partial charge is 0.0524 e. The maximum atomic E-state index is 9.11. The highest BCUT2D eigenvalue weighted by atomic mass is 16.3. The van der Waals surface area contributed by atoms with Gasteiger partial charge >= 0.3 is 0 Å². The molecule has 0 bridgehead atoms. The van der Waals surface area contributed by atoms with E-state index in [4.69, 9.17) is 5.11 Å². The molecule has 1 rings (SSSR count). The van der Waals surface area contributed by atoms with E-state index in [0.29, 0.717) is 6.04 Å².